The molecule has 1 amide bonds. The molecular formula is C12H16F2N2O. The predicted molar refractivity (Wildman–Crippen MR) is 61.4 cm³/mol. The minimum atomic E-state index is -0.466. The molecule has 0 heterocycles. The van der Waals surface area contributed by atoms with Crippen LogP contribution in [0.5, 0.6) is 0 Å². The molecule has 1 aromatic carbocycles. The molecule has 0 bridgehead atoms. The Balaban J connectivity index is 2.31. The van der Waals surface area contributed by atoms with Crippen molar-refractivity contribution in [1.29, 1.82) is 0 Å². The molecule has 17 heavy (non-hydrogen) atoms. The molecule has 0 saturated carbocycles. The summed E-state index contributed by atoms with van der Waals surface area (Å²) in [5.41, 5.74) is 0.265. The highest BCUT2D eigenvalue weighted by Gasteiger charge is 2.04. The van der Waals surface area contributed by atoms with Gasteiger partial charge in [0.1, 0.15) is 11.6 Å². The summed E-state index contributed by atoms with van der Waals surface area (Å²) in [5.74, 6) is -0.969. The van der Waals surface area contributed by atoms with Gasteiger partial charge in [0.2, 0.25) is 5.91 Å². The standard InChI is InChI=1S/C12H16F2N2O/c1-2-16-12(17)5-6-15-8-9-7-10(13)3-4-11(9)14/h3-4,7,15H,2,5-6,8H2,1H3,(H,16,17). The van der Waals surface area contributed by atoms with Crippen molar-refractivity contribution in [2.24, 2.45) is 0 Å². The minimum Gasteiger partial charge on any atom is -0.356 e. The van der Waals surface area contributed by atoms with Gasteiger partial charge in [-0.2, -0.15) is 0 Å². The zero-order valence-electron chi connectivity index (χ0n) is 9.72. The molecule has 1 aromatic rings. The molecule has 0 aromatic heterocycles. The van der Waals surface area contributed by atoms with Crippen molar-refractivity contribution in [3.05, 3.63) is 35.4 Å². The van der Waals surface area contributed by atoms with Crippen LogP contribution in [-0.2, 0) is 11.3 Å². The quantitative estimate of drug-likeness (QED) is 0.744. The van der Waals surface area contributed by atoms with Gasteiger partial charge in [0.15, 0.2) is 0 Å². The van der Waals surface area contributed by atoms with Crippen LogP contribution in [0.3, 0.4) is 0 Å². The van der Waals surface area contributed by atoms with Crippen molar-refractivity contribution in [1.82, 2.24) is 10.6 Å². The summed E-state index contributed by atoms with van der Waals surface area (Å²) < 4.78 is 26.0. The number of hydrogen-bond donors (Lipinski definition) is 2. The van der Waals surface area contributed by atoms with Crippen molar-refractivity contribution in [2.75, 3.05) is 13.1 Å². The summed E-state index contributed by atoms with van der Waals surface area (Å²) in [7, 11) is 0. The summed E-state index contributed by atoms with van der Waals surface area (Å²) in [6.45, 7) is 3.08. The number of amides is 1. The Morgan fingerprint density at radius 2 is 2.12 bits per heavy atom. The van der Waals surface area contributed by atoms with Crippen molar-refractivity contribution in [3.63, 3.8) is 0 Å². The van der Waals surface area contributed by atoms with Gasteiger partial charge in [-0.1, -0.05) is 0 Å². The molecule has 0 aliphatic heterocycles. The number of carbonyl (C=O) groups is 1. The van der Waals surface area contributed by atoms with E-state index in [0.717, 1.165) is 18.2 Å². The van der Waals surface area contributed by atoms with Gasteiger partial charge in [-0.25, -0.2) is 8.78 Å². The summed E-state index contributed by atoms with van der Waals surface area (Å²) in [6.07, 6.45) is 0.324. The molecule has 1 rings (SSSR count). The van der Waals surface area contributed by atoms with E-state index >= 15 is 0 Å². The monoisotopic (exact) mass is 242 g/mol. The molecule has 3 nitrogen and oxygen atoms in total. The van der Waals surface area contributed by atoms with Gasteiger partial charge in [0, 0.05) is 31.6 Å². The zero-order valence-corrected chi connectivity index (χ0v) is 9.72. The van der Waals surface area contributed by atoms with E-state index in [1.807, 2.05) is 6.92 Å². The van der Waals surface area contributed by atoms with E-state index in [-0.39, 0.29) is 18.0 Å². The summed E-state index contributed by atoms with van der Waals surface area (Å²) >= 11 is 0. The molecule has 5 heteroatoms. The summed E-state index contributed by atoms with van der Waals surface area (Å²) in [6, 6.07) is 3.32. The molecule has 0 fully saturated rings. The first-order valence-corrected chi connectivity index (χ1v) is 5.54. The third kappa shape index (κ3) is 4.91. The molecule has 2 N–H and O–H groups in total. The van der Waals surface area contributed by atoms with Crippen molar-refractivity contribution in [2.45, 2.75) is 19.9 Å². The minimum absolute atomic E-state index is 0.0558. The maximum Gasteiger partial charge on any atom is 0.221 e. The Hall–Kier alpha value is -1.49. The SMILES string of the molecule is CCNC(=O)CCNCc1cc(F)ccc1F. The molecule has 0 radical (unpaired) electrons. The third-order valence-corrected chi connectivity index (χ3v) is 2.23. The molecule has 0 aliphatic rings. The van der Waals surface area contributed by atoms with E-state index in [1.54, 1.807) is 0 Å². The van der Waals surface area contributed by atoms with E-state index in [1.165, 1.54) is 0 Å². The Morgan fingerprint density at radius 3 is 2.82 bits per heavy atom. The van der Waals surface area contributed by atoms with Crippen molar-refractivity contribution in [3.8, 4) is 0 Å². The maximum atomic E-state index is 13.2. The largest absolute Gasteiger partial charge is 0.356 e. The fraction of sp³-hybridized carbons (Fsp3) is 0.417. The lowest BCUT2D eigenvalue weighted by Crippen LogP contribution is -2.27. The Morgan fingerprint density at radius 1 is 1.35 bits per heavy atom. The van der Waals surface area contributed by atoms with Crippen LogP contribution in [0, 0.1) is 11.6 Å². The Kier molecular flexibility index (Phi) is 5.56. The Bertz CT molecular complexity index is 383. The first-order chi connectivity index (χ1) is 8.13. The van der Waals surface area contributed by atoms with Gasteiger partial charge in [-0.05, 0) is 25.1 Å². The first kappa shape index (κ1) is 13.6. The van der Waals surface area contributed by atoms with Crippen molar-refractivity contribution < 1.29 is 13.6 Å². The lowest BCUT2D eigenvalue weighted by molar-refractivity contribution is -0.120. The van der Waals surface area contributed by atoms with E-state index in [0.29, 0.717) is 19.5 Å². The Labute approximate surface area is 99.2 Å². The lowest BCUT2D eigenvalue weighted by Gasteiger charge is -2.06. The van der Waals surface area contributed by atoms with Gasteiger partial charge in [0.25, 0.3) is 0 Å². The normalized spacial score (nSPS) is 10.3. The van der Waals surface area contributed by atoms with Gasteiger partial charge in [-0.3, -0.25) is 4.79 Å². The third-order valence-electron chi connectivity index (χ3n) is 2.23. The number of carbonyl (C=O) groups excluding carboxylic acids is 1. The second-order valence-electron chi connectivity index (χ2n) is 3.62. The zero-order chi connectivity index (χ0) is 12.7. The molecule has 94 valence electrons. The number of halogens is 2. The van der Waals surface area contributed by atoms with Crippen LogP contribution in [-0.4, -0.2) is 19.0 Å². The second-order valence-corrected chi connectivity index (χ2v) is 3.62. The summed E-state index contributed by atoms with van der Waals surface area (Å²) in [4.78, 5) is 11.1. The smallest absolute Gasteiger partial charge is 0.221 e. The van der Waals surface area contributed by atoms with Crippen LogP contribution in [0.4, 0.5) is 8.78 Å². The van der Waals surface area contributed by atoms with Crippen LogP contribution >= 0.6 is 0 Å². The van der Waals surface area contributed by atoms with Crippen LogP contribution in [0.1, 0.15) is 18.9 Å². The van der Waals surface area contributed by atoms with Gasteiger partial charge >= 0.3 is 0 Å². The lowest BCUT2D eigenvalue weighted by atomic mass is 10.2. The van der Waals surface area contributed by atoms with Crippen LogP contribution in [0.25, 0.3) is 0 Å². The molecule has 0 atom stereocenters. The number of hydrogen-bond acceptors (Lipinski definition) is 2. The van der Waals surface area contributed by atoms with Gasteiger partial charge in [-0.15, -0.1) is 0 Å². The number of nitrogens with one attached hydrogen (secondary N) is 2. The summed E-state index contributed by atoms with van der Waals surface area (Å²) in [5, 5.41) is 5.54. The average Bonchev–Trinajstić information content (AvgIpc) is 2.29. The van der Waals surface area contributed by atoms with E-state index in [9.17, 15) is 13.6 Å². The average molecular weight is 242 g/mol. The highest BCUT2D eigenvalue weighted by atomic mass is 19.1. The predicted octanol–water partition coefficient (Wildman–Crippen LogP) is 1.58. The van der Waals surface area contributed by atoms with Gasteiger partial charge < -0.3 is 10.6 Å². The van der Waals surface area contributed by atoms with Gasteiger partial charge in [0.05, 0.1) is 0 Å². The molecule has 0 aliphatic carbocycles. The van der Waals surface area contributed by atoms with Crippen molar-refractivity contribution >= 4 is 5.91 Å². The number of benzene rings is 1. The number of rotatable bonds is 6. The van der Waals surface area contributed by atoms with Crippen LogP contribution < -0.4 is 10.6 Å². The van der Waals surface area contributed by atoms with E-state index < -0.39 is 11.6 Å². The molecule has 0 spiro atoms. The second kappa shape index (κ2) is 6.96. The maximum absolute atomic E-state index is 13.2. The van der Waals surface area contributed by atoms with Crippen LogP contribution in [0.2, 0.25) is 0 Å². The fourth-order valence-corrected chi connectivity index (χ4v) is 1.39. The molecular weight excluding hydrogens is 226 g/mol. The highest BCUT2D eigenvalue weighted by molar-refractivity contribution is 5.75. The molecule has 0 unspecified atom stereocenters. The molecule has 0 saturated heterocycles. The van der Waals surface area contributed by atoms with E-state index in [4.69, 9.17) is 0 Å². The fourth-order valence-electron chi connectivity index (χ4n) is 1.39. The topological polar surface area (TPSA) is 41.1 Å². The van der Waals surface area contributed by atoms with Crippen LogP contribution in [0.15, 0.2) is 18.2 Å². The first-order valence-electron chi connectivity index (χ1n) is 5.54. The van der Waals surface area contributed by atoms with E-state index in [2.05, 4.69) is 10.6 Å². The highest BCUT2D eigenvalue weighted by Crippen LogP contribution is 2.08.